The first-order chi connectivity index (χ1) is 10.1. The fourth-order valence-corrected chi connectivity index (χ4v) is 4.16. The van der Waals surface area contributed by atoms with Crippen LogP contribution in [-0.4, -0.2) is 51.1 Å². The molecule has 2 rings (SSSR count). The summed E-state index contributed by atoms with van der Waals surface area (Å²) < 4.78 is 31.8. The van der Waals surface area contributed by atoms with E-state index in [0.29, 0.717) is 37.1 Å². The molecule has 1 saturated heterocycles. The Morgan fingerprint density at radius 3 is 3.05 bits per heavy atom. The van der Waals surface area contributed by atoms with Crippen LogP contribution < -0.4 is 5.32 Å². The summed E-state index contributed by atoms with van der Waals surface area (Å²) in [7, 11) is -1.73. The van der Waals surface area contributed by atoms with Crippen LogP contribution in [0, 0.1) is 5.92 Å². The third-order valence-electron chi connectivity index (χ3n) is 3.75. The zero-order valence-corrected chi connectivity index (χ0v) is 13.6. The summed E-state index contributed by atoms with van der Waals surface area (Å²) in [5.74, 6) is 0.300. The summed E-state index contributed by atoms with van der Waals surface area (Å²) in [6.45, 7) is 5.42. The van der Waals surface area contributed by atoms with Crippen LogP contribution in [0.15, 0.2) is 17.2 Å². The zero-order valence-electron chi connectivity index (χ0n) is 12.8. The minimum Gasteiger partial charge on any atom is -0.384 e. The van der Waals surface area contributed by atoms with Crippen LogP contribution in [0.3, 0.4) is 0 Å². The maximum absolute atomic E-state index is 12.6. The molecular formula is C14H25N3O3S. The Hall–Kier alpha value is -0.890. The molecule has 120 valence electrons. The average Bonchev–Trinajstić information content (AvgIpc) is 3.09. The molecule has 1 aliphatic rings. The fraction of sp³-hybridized carbons (Fsp3) is 0.714. The molecule has 1 aromatic heterocycles. The predicted octanol–water partition coefficient (Wildman–Crippen LogP) is 1.17. The van der Waals surface area contributed by atoms with Crippen LogP contribution in [0.5, 0.6) is 0 Å². The van der Waals surface area contributed by atoms with Crippen LogP contribution in [0.4, 0.5) is 0 Å². The van der Waals surface area contributed by atoms with E-state index in [1.165, 1.54) is 0 Å². The Morgan fingerprint density at radius 2 is 2.33 bits per heavy atom. The second-order valence-corrected chi connectivity index (χ2v) is 7.45. The average molecular weight is 315 g/mol. The van der Waals surface area contributed by atoms with Crippen molar-refractivity contribution in [3.8, 4) is 0 Å². The van der Waals surface area contributed by atoms with E-state index in [9.17, 15) is 8.42 Å². The number of nitrogens with zero attached hydrogens (tertiary/aromatic N) is 1. The van der Waals surface area contributed by atoms with E-state index in [2.05, 4.69) is 17.2 Å². The van der Waals surface area contributed by atoms with Gasteiger partial charge < -0.3 is 15.0 Å². The highest BCUT2D eigenvalue weighted by Crippen LogP contribution is 2.24. The molecule has 0 spiro atoms. The second kappa shape index (κ2) is 7.40. The van der Waals surface area contributed by atoms with Crippen molar-refractivity contribution in [1.29, 1.82) is 0 Å². The SMILES string of the molecule is CCCNCc1cc(S(=O)(=O)N2CCC(COC)C2)c[nH]1. The van der Waals surface area contributed by atoms with Gasteiger partial charge in [-0.05, 0) is 31.4 Å². The third kappa shape index (κ3) is 4.06. The monoisotopic (exact) mass is 315 g/mol. The number of nitrogens with one attached hydrogen (secondary N) is 2. The molecule has 2 N–H and O–H groups in total. The topological polar surface area (TPSA) is 74.4 Å². The molecule has 7 heteroatoms. The smallest absolute Gasteiger partial charge is 0.244 e. The highest BCUT2D eigenvalue weighted by Gasteiger charge is 2.32. The summed E-state index contributed by atoms with van der Waals surface area (Å²) in [4.78, 5) is 3.39. The van der Waals surface area contributed by atoms with Gasteiger partial charge in [-0.2, -0.15) is 4.31 Å². The molecule has 0 saturated carbocycles. The number of aromatic nitrogens is 1. The normalized spacial score (nSPS) is 20.2. The summed E-state index contributed by atoms with van der Waals surface area (Å²) in [6, 6.07) is 1.72. The van der Waals surface area contributed by atoms with Crippen molar-refractivity contribution in [2.45, 2.75) is 31.2 Å². The Balaban J connectivity index is 2.00. The number of methoxy groups -OCH3 is 1. The molecule has 0 radical (unpaired) electrons. The largest absolute Gasteiger partial charge is 0.384 e. The van der Waals surface area contributed by atoms with Gasteiger partial charge in [0.1, 0.15) is 0 Å². The second-order valence-electron chi connectivity index (χ2n) is 5.51. The van der Waals surface area contributed by atoms with E-state index in [4.69, 9.17) is 4.74 Å². The molecule has 0 bridgehead atoms. The van der Waals surface area contributed by atoms with Gasteiger partial charge >= 0.3 is 0 Å². The standard InChI is InChI=1S/C14H25N3O3S/c1-3-5-15-8-13-7-14(9-16-13)21(18,19)17-6-4-12(10-17)11-20-2/h7,9,12,15-16H,3-6,8,10-11H2,1-2H3. The highest BCUT2D eigenvalue weighted by molar-refractivity contribution is 7.89. The molecule has 1 aromatic rings. The van der Waals surface area contributed by atoms with Gasteiger partial charge in [-0.25, -0.2) is 8.42 Å². The van der Waals surface area contributed by atoms with Gasteiger partial charge in [-0.15, -0.1) is 0 Å². The summed E-state index contributed by atoms with van der Waals surface area (Å²) >= 11 is 0. The number of aromatic amines is 1. The summed E-state index contributed by atoms with van der Waals surface area (Å²) in [5, 5.41) is 3.25. The molecular weight excluding hydrogens is 290 g/mol. The number of rotatable bonds is 8. The van der Waals surface area contributed by atoms with Gasteiger partial charge in [0.05, 0.1) is 11.5 Å². The number of hydrogen-bond acceptors (Lipinski definition) is 4. The van der Waals surface area contributed by atoms with Gasteiger partial charge in [0.2, 0.25) is 10.0 Å². The Kier molecular flexibility index (Phi) is 5.80. The van der Waals surface area contributed by atoms with Gasteiger partial charge in [0, 0.05) is 38.6 Å². The van der Waals surface area contributed by atoms with E-state index >= 15 is 0 Å². The van der Waals surface area contributed by atoms with Gasteiger partial charge in [0.25, 0.3) is 0 Å². The Bertz CT molecular complexity index is 541. The Labute approximate surface area is 126 Å². The van der Waals surface area contributed by atoms with Crippen molar-refractivity contribution in [3.05, 3.63) is 18.0 Å². The van der Waals surface area contributed by atoms with Crippen molar-refractivity contribution in [2.75, 3.05) is 33.4 Å². The lowest BCUT2D eigenvalue weighted by Gasteiger charge is -2.15. The van der Waals surface area contributed by atoms with E-state index in [-0.39, 0.29) is 0 Å². The van der Waals surface area contributed by atoms with Crippen LogP contribution in [0.2, 0.25) is 0 Å². The quantitative estimate of drug-likeness (QED) is 0.706. The van der Waals surface area contributed by atoms with E-state index in [0.717, 1.165) is 25.1 Å². The summed E-state index contributed by atoms with van der Waals surface area (Å²) in [5.41, 5.74) is 0.898. The minimum atomic E-state index is -3.38. The predicted molar refractivity (Wildman–Crippen MR) is 81.5 cm³/mol. The molecule has 2 heterocycles. The van der Waals surface area contributed by atoms with Crippen molar-refractivity contribution in [3.63, 3.8) is 0 Å². The molecule has 1 aliphatic heterocycles. The fourth-order valence-electron chi connectivity index (χ4n) is 2.61. The third-order valence-corrected chi connectivity index (χ3v) is 5.59. The van der Waals surface area contributed by atoms with Crippen molar-refractivity contribution in [2.24, 2.45) is 5.92 Å². The number of hydrogen-bond donors (Lipinski definition) is 2. The highest BCUT2D eigenvalue weighted by atomic mass is 32.2. The lowest BCUT2D eigenvalue weighted by Crippen LogP contribution is -2.29. The van der Waals surface area contributed by atoms with Gasteiger partial charge in [-0.3, -0.25) is 0 Å². The number of H-pyrrole nitrogens is 1. The van der Waals surface area contributed by atoms with Crippen molar-refractivity contribution < 1.29 is 13.2 Å². The summed E-state index contributed by atoms with van der Waals surface area (Å²) in [6.07, 6.45) is 3.50. The molecule has 0 amide bonds. The first-order valence-corrected chi connectivity index (χ1v) is 8.89. The Morgan fingerprint density at radius 1 is 1.52 bits per heavy atom. The van der Waals surface area contributed by atoms with E-state index in [1.807, 2.05) is 0 Å². The van der Waals surface area contributed by atoms with Crippen LogP contribution in [0.25, 0.3) is 0 Å². The van der Waals surface area contributed by atoms with Crippen LogP contribution in [0.1, 0.15) is 25.5 Å². The van der Waals surface area contributed by atoms with Crippen molar-refractivity contribution >= 4 is 10.0 Å². The van der Waals surface area contributed by atoms with E-state index in [1.54, 1.807) is 23.7 Å². The number of ether oxygens (including phenoxy) is 1. The van der Waals surface area contributed by atoms with E-state index < -0.39 is 10.0 Å². The maximum Gasteiger partial charge on any atom is 0.244 e. The van der Waals surface area contributed by atoms with Gasteiger partial charge in [-0.1, -0.05) is 6.92 Å². The van der Waals surface area contributed by atoms with Crippen molar-refractivity contribution in [1.82, 2.24) is 14.6 Å². The molecule has 1 fully saturated rings. The molecule has 6 nitrogen and oxygen atoms in total. The molecule has 1 unspecified atom stereocenters. The molecule has 21 heavy (non-hydrogen) atoms. The number of sulfonamides is 1. The lowest BCUT2D eigenvalue weighted by molar-refractivity contribution is 0.157. The molecule has 0 aliphatic carbocycles. The van der Waals surface area contributed by atoms with Gasteiger partial charge in [0.15, 0.2) is 0 Å². The minimum absolute atomic E-state index is 0.300. The van der Waals surface area contributed by atoms with Crippen LogP contribution in [-0.2, 0) is 21.3 Å². The molecule has 0 aromatic carbocycles. The first-order valence-electron chi connectivity index (χ1n) is 7.45. The lowest BCUT2D eigenvalue weighted by atomic mass is 10.1. The molecule has 1 atom stereocenters. The maximum atomic E-state index is 12.6. The van der Waals surface area contributed by atoms with Crippen LogP contribution >= 0.6 is 0 Å². The zero-order chi connectivity index (χ0) is 15.3. The first kappa shape index (κ1) is 16.5.